The molecule has 0 saturated heterocycles. The van der Waals surface area contributed by atoms with Gasteiger partial charge in [0.1, 0.15) is 24.7 Å². The van der Waals surface area contributed by atoms with Crippen molar-refractivity contribution in [1.82, 2.24) is 0 Å². The van der Waals surface area contributed by atoms with Gasteiger partial charge in [-0.25, -0.2) is 0 Å². The van der Waals surface area contributed by atoms with Crippen LogP contribution >= 0.6 is 25.3 Å². The molecule has 0 bridgehead atoms. The number of fused-ring (bicyclic) bond motifs is 3. The fourth-order valence-electron chi connectivity index (χ4n) is 6.04. The lowest BCUT2D eigenvalue weighted by atomic mass is 9.67. The van der Waals surface area contributed by atoms with E-state index in [1.165, 1.54) is 22.3 Å². The average molecular weight is 671 g/mol. The zero-order chi connectivity index (χ0) is 33.9. The number of hydrogen-bond acceptors (Lipinski definition) is 8. The number of carbonyl (C=O) groups is 2. The predicted molar refractivity (Wildman–Crippen MR) is 192 cm³/mol. The summed E-state index contributed by atoms with van der Waals surface area (Å²) in [5, 5.41) is 0. The summed E-state index contributed by atoms with van der Waals surface area (Å²) < 4.78 is 22.9. The molecule has 246 valence electrons. The Morgan fingerprint density at radius 3 is 1.36 bits per heavy atom. The van der Waals surface area contributed by atoms with E-state index >= 15 is 0 Å². The molecule has 2 unspecified atom stereocenters. The van der Waals surface area contributed by atoms with Crippen LogP contribution in [-0.4, -0.2) is 36.0 Å². The van der Waals surface area contributed by atoms with Crippen molar-refractivity contribution >= 4 is 37.2 Å². The van der Waals surface area contributed by atoms with E-state index in [9.17, 15) is 9.59 Å². The van der Waals surface area contributed by atoms with E-state index in [1.54, 1.807) is 27.7 Å². The highest BCUT2D eigenvalue weighted by Gasteiger charge is 2.46. The summed E-state index contributed by atoms with van der Waals surface area (Å²) in [4.78, 5) is 24.0. The second kappa shape index (κ2) is 14.5. The molecule has 0 aliphatic heterocycles. The van der Waals surface area contributed by atoms with Gasteiger partial charge in [-0.2, -0.15) is 0 Å². The summed E-state index contributed by atoms with van der Waals surface area (Å²) in [5.74, 6) is 0.293. The van der Waals surface area contributed by atoms with Gasteiger partial charge in [-0.05, 0) is 70.5 Å². The molecule has 1 aliphatic carbocycles. The molecule has 5 rings (SSSR count). The van der Waals surface area contributed by atoms with Crippen molar-refractivity contribution < 1.29 is 28.5 Å². The molecule has 0 aromatic heterocycles. The van der Waals surface area contributed by atoms with Crippen LogP contribution in [0.15, 0.2) is 84.9 Å². The van der Waals surface area contributed by atoms with Gasteiger partial charge in [-0.1, -0.05) is 100 Å². The van der Waals surface area contributed by atoms with E-state index in [2.05, 4.69) is 98.1 Å². The summed E-state index contributed by atoms with van der Waals surface area (Å²) in [5.41, 5.74) is 6.89. The van der Waals surface area contributed by atoms with Gasteiger partial charge in [0.25, 0.3) is 0 Å². The molecule has 2 atom stereocenters. The van der Waals surface area contributed by atoms with Crippen LogP contribution in [0, 0.1) is 25.7 Å². The molecular formula is C39H42O6S2. The lowest BCUT2D eigenvalue weighted by Gasteiger charge is -2.34. The van der Waals surface area contributed by atoms with E-state index < -0.39 is 16.3 Å². The Kier molecular flexibility index (Phi) is 10.6. The number of benzene rings is 4. The zero-order valence-electron chi connectivity index (χ0n) is 27.7. The number of thiol groups is 2. The van der Waals surface area contributed by atoms with Crippen LogP contribution < -0.4 is 9.47 Å². The lowest BCUT2D eigenvalue weighted by molar-refractivity contribution is -0.150. The third-order valence-electron chi connectivity index (χ3n) is 8.38. The van der Waals surface area contributed by atoms with E-state index in [0.717, 1.165) is 22.3 Å². The van der Waals surface area contributed by atoms with Crippen LogP contribution in [0.2, 0.25) is 0 Å². The Balaban J connectivity index is 1.52. The quantitative estimate of drug-likeness (QED) is 0.0791. The first-order chi connectivity index (χ1) is 22.4. The van der Waals surface area contributed by atoms with Crippen molar-refractivity contribution in [3.8, 4) is 22.6 Å². The Morgan fingerprint density at radius 2 is 1.00 bits per heavy atom. The maximum absolute atomic E-state index is 12.0. The minimum Gasteiger partial charge on any atom is -0.489 e. The summed E-state index contributed by atoms with van der Waals surface area (Å²) in [6, 6.07) is 29.7. The van der Waals surface area contributed by atoms with Crippen molar-refractivity contribution in [2.45, 2.75) is 57.8 Å². The van der Waals surface area contributed by atoms with E-state index in [0.29, 0.717) is 11.5 Å². The van der Waals surface area contributed by atoms with Gasteiger partial charge in [0, 0.05) is 0 Å². The van der Waals surface area contributed by atoms with Crippen LogP contribution in [0.3, 0.4) is 0 Å². The van der Waals surface area contributed by atoms with Crippen LogP contribution in [0.4, 0.5) is 0 Å². The maximum Gasteiger partial charge on any atom is 0.309 e. The van der Waals surface area contributed by atoms with E-state index in [-0.39, 0.29) is 37.0 Å². The number of carbonyl (C=O) groups excluding carboxylic acids is 2. The van der Waals surface area contributed by atoms with Crippen molar-refractivity contribution in [1.29, 1.82) is 0 Å². The monoisotopic (exact) mass is 670 g/mol. The van der Waals surface area contributed by atoms with Crippen molar-refractivity contribution in [3.05, 3.63) is 118 Å². The SMILES string of the molecule is Cc1cc(C2(c3ccc(OCC(S)OC(=O)C(C)C)c(C)c3)c3ccccc3-c3ccccc32)ccc1OCC(S)OC(=O)C(C)C. The largest absolute Gasteiger partial charge is 0.489 e. The smallest absolute Gasteiger partial charge is 0.309 e. The number of hydrogen-bond donors (Lipinski definition) is 2. The molecule has 0 radical (unpaired) electrons. The van der Waals surface area contributed by atoms with Crippen molar-refractivity contribution in [3.63, 3.8) is 0 Å². The van der Waals surface area contributed by atoms with Gasteiger partial charge < -0.3 is 18.9 Å². The van der Waals surface area contributed by atoms with E-state index in [4.69, 9.17) is 18.9 Å². The third kappa shape index (κ3) is 7.04. The van der Waals surface area contributed by atoms with Crippen LogP contribution in [0.1, 0.15) is 61.1 Å². The van der Waals surface area contributed by atoms with E-state index in [1.807, 2.05) is 26.0 Å². The van der Waals surface area contributed by atoms with Gasteiger partial charge in [0.05, 0.1) is 17.3 Å². The highest BCUT2D eigenvalue weighted by molar-refractivity contribution is 7.81. The Morgan fingerprint density at radius 1 is 0.617 bits per heavy atom. The molecule has 1 aliphatic rings. The fourth-order valence-corrected chi connectivity index (χ4v) is 6.40. The summed E-state index contributed by atoms with van der Waals surface area (Å²) in [7, 11) is 0. The molecule has 0 heterocycles. The molecule has 0 N–H and O–H groups in total. The van der Waals surface area contributed by atoms with Crippen LogP contribution in [-0.2, 0) is 24.5 Å². The number of ether oxygens (including phenoxy) is 4. The summed E-state index contributed by atoms with van der Waals surface area (Å²) in [6.07, 6.45) is 0. The highest BCUT2D eigenvalue weighted by Crippen LogP contribution is 2.56. The van der Waals surface area contributed by atoms with Crippen LogP contribution in [0.25, 0.3) is 11.1 Å². The fraction of sp³-hybridized carbons (Fsp3) is 0.333. The maximum atomic E-state index is 12.0. The number of rotatable bonds is 12. The molecular weight excluding hydrogens is 629 g/mol. The molecule has 4 aromatic rings. The molecule has 0 spiro atoms. The third-order valence-corrected chi connectivity index (χ3v) is 8.89. The van der Waals surface area contributed by atoms with Gasteiger partial charge in [0.15, 0.2) is 10.9 Å². The zero-order valence-corrected chi connectivity index (χ0v) is 29.4. The Hall–Kier alpha value is -3.88. The Bertz CT molecular complexity index is 1640. The molecule has 8 heteroatoms. The second-order valence-electron chi connectivity index (χ2n) is 12.5. The topological polar surface area (TPSA) is 71.1 Å². The predicted octanol–water partition coefficient (Wildman–Crippen LogP) is 8.33. The van der Waals surface area contributed by atoms with Gasteiger partial charge in [0.2, 0.25) is 0 Å². The Labute approximate surface area is 288 Å². The van der Waals surface area contributed by atoms with Crippen LogP contribution in [0.5, 0.6) is 11.5 Å². The first kappa shape index (κ1) is 34.5. The molecule has 0 amide bonds. The minimum atomic E-state index is -0.673. The standard InChI is InChI=1S/C39H42O6S2/c1-23(2)37(40)44-35(46)21-42-33-17-15-27(19-25(33)5)39(31-13-9-7-11-29(31)30-12-8-10-14-32(30)39)28-16-18-34(26(6)20-28)43-22-36(47)45-38(41)24(3)4/h7-20,23-24,35-36,46-47H,21-22H2,1-6H3. The number of aryl methyl sites for hydroxylation is 2. The molecule has 0 saturated carbocycles. The van der Waals surface area contributed by atoms with Crippen molar-refractivity contribution in [2.24, 2.45) is 11.8 Å². The molecule has 0 fully saturated rings. The highest BCUT2D eigenvalue weighted by atomic mass is 32.1. The number of esters is 2. The van der Waals surface area contributed by atoms with Gasteiger partial charge >= 0.3 is 11.9 Å². The minimum absolute atomic E-state index is 0.128. The molecule has 47 heavy (non-hydrogen) atoms. The summed E-state index contributed by atoms with van der Waals surface area (Å²) in [6.45, 7) is 11.4. The average Bonchev–Trinajstić information content (AvgIpc) is 3.34. The van der Waals surface area contributed by atoms with Crippen molar-refractivity contribution in [2.75, 3.05) is 13.2 Å². The van der Waals surface area contributed by atoms with Gasteiger partial charge in [-0.3, -0.25) is 9.59 Å². The van der Waals surface area contributed by atoms with Gasteiger partial charge in [-0.15, -0.1) is 25.3 Å². The normalized spacial score (nSPS) is 14.3. The molecule has 6 nitrogen and oxygen atoms in total. The lowest BCUT2D eigenvalue weighted by Crippen LogP contribution is -2.29. The summed E-state index contributed by atoms with van der Waals surface area (Å²) >= 11 is 8.81. The molecule has 4 aromatic carbocycles. The first-order valence-corrected chi connectivity index (χ1v) is 16.9. The first-order valence-electron chi connectivity index (χ1n) is 15.9. The second-order valence-corrected chi connectivity index (χ2v) is 13.7.